The molecule has 1 saturated heterocycles. The van der Waals surface area contributed by atoms with Gasteiger partial charge in [-0.2, -0.15) is 8.42 Å². The predicted octanol–water partition coefficient (Wildman–Crippen LogP) is 6.02. The second kappa shape index (κ2) is 13.4. The highest BCUT2D eigenvalue weighted by molar-refractivity contribution is 7.87. The van der Waals surface area contributed by atoms with E-state index in [4.69, 9.17) is 8.92 Å². The number of amides is 2. The molecule has 0 saturated carbocycles. The zero-order valence-electron chi connectivity index (χ0n) is 26.3. The molecule has 5 aromatic rings. The lowest BCUT2D eigenvalue weighted by Crippen LogP contribution is -2.57. The van der Waals surface area contributed by atoms with Crippen LogP contribution in [0.25, 0.3) is 10.8 Å². The van der Waals surface area contributed by atoms with Crippen LogP contribution in [-0.2, 0) is 39.2 Å². The third kappa shape index (κ3) is 6.57. The molecular weight excluding hydrogens is 626 g/mol. The van der Waals surface area contributed by atoms with Gasteiger partial charge < -0.3 is 18.7 Å². The Balaban J connectivity index is 1.12. The molecule has 5 aromatic carbocycles. The molecule has 9 nitrogen and oxygen atoms in total. The van der Waals surface area contributed by atoms with Crippen molar-refractivity contribution >= 4 is 38.6 Å². The molecule has 2 aliphatic heterocycles. The molecule has 2 amide bonds. The average molecular weight is 662 g/mol. The van der Waals surface area contributed by atoms with Crippen molar-refractivity contribution in [3.05, 3.63) is 138 Å². The van der Waals surface area contributed by atoms with Gasteiger partial charge in [-0.05, 0) is 52.4 Å². The summed E-state index contributed by atoms with van der Waals surface area (Å²) in [5, 5.41) is 1.35. The van der Waals surface area contributed by atoms with Crippen LogP contribution in [0.5, 0.6) is 5.75 Å². The van der Waals surface area contributed by atoms with Crippen LogP contribution in [-0.4, -0.2) is 62.4 Å². The molecule has 0 radical (unpaired) electrons. The van der Waals surface area contributed by atoms with Gasteiger partial charge in [0, 0.05) is 43.7 Å². The summed E-state index contributed by atoms with van der Waals surface area (Å²) >= 11 is 0. The number of nitrogens with zero attached hydrogens (tertiary/aromatic N) is 3. The molecule has 0 aromatic heterocycles. The summed E-state index contributed by atoms with van der Waals surface area (Å²) in [6.07, 6.45) is -0.343. The third-order valence-corrected chi connectivity index (χ3v) is 10.3. The second-order valence-corrected chi connectivity index (χ2v) is 13.5. The zero-order chi connectivity index (χ0) is 33.1. The number of ether oxygens (including phenoxy) is 1. The topological polar surface area (TPSA) is 96.5 Å². The van der Waals surface area contributed by atoms with Crippen molar-refractivity contribution in [1.29, 1.82) is 0 Å². The van der Waals surface area contributed by atoms with Gasteiger partial charge in [0.05, 0.1) is 6.54 Å². The van der Waals surface area contributed by atoms with E-state index in [1.54, 1.807) is 36.4 Å². The first-order chi connectivity index (χ1) is 23.4. The lowest BCUT2D eigenvalue weighted by atomic mass is 9.93. The highest BCUT2D eigenvalue weighted by Crippen LogP contribution is 2.32. The van der Waals surface area contributed by atoms with Gasteiger partial charge >= 0.3 is 16.2 Å². The Morgan fingerprint density at radius 2 is 1.42 bits per heavy atom. The summed E-state index contributed by atoms with van der Waals surface area (Å²) in [4.78, 5) is 33.3. The van der Waals surface area contributed by atoms with E-state index in [0.29, 0.717) is 37.1 Å². The summed E-state index contributed by atoms with van der Waals surface area (Å²) in [5.41, 5.74) is 3.48. The van der Waals surface area contributed by atoms with Crippen LogP contribution in [0.2, 0.25) is 0 Å². The first-order valence-electron chi connectivity index (χ1n) is 16.0. The van der Waals surface area contributed by atoms with Crippen LogP contribution in [0.1, 0.15) is 16.7 Å². The van der Waals surface area contributed by atoms with Crippen molar-refractivity contribution in [1.82, 2.24) is 9.80 Å². The maximum Gasteiger partial charge on any atom is 0.411 e. The Bertz CT molecular complexity index is 2040. The smallest absolute Gasteiger partial charge is 0.411 e. The number of anilines is 1. The third-order valence-electron chi connectivity index (χ3n) is 8.97. The van der Waals surface area contributed by atoms with Crippen molar-refractivity contribution in [3.63, 3.8) is 0 Å². The fourth-order valence-corrected chi connectivity index (χ4v) is 7.59. The van der Waals surface area contributed by atoms with E-state index in [0.717, 1.165) is 22.2 Å². The Hall–Kier alpha value is -5.35. The van der Waals surface area contributed by atoms with E-state index in [2.05, 4.69) is 17.0 Å². The van der Waals surface area contributed by atoms with Crippen molar-refractivity contribution in [2.75, 3.05) is 31.1 Å². The van der Waals surface area contributed by atoms with Crippen LogP contribution < -0.4 is 9.08 Å². The number of benzene rings is 5. The second-order valence-electron chi connectivity index (χ2n) is 12.0. The van der Waals surface area contributed by atoms with Gasteiger partial charge in [0.1, 0.15) is 23.3 Å². The van der Waals surface area contributed by atoms with Crippen molar-refractivity contribution in [2.24, 2.45) is 0 Å². The lowest BCUT2D eigenvalue weighted by molar-refractivity contribution is -0.137. The molecule has 7 rings (SSSR count). The number of carbonyl (C=O) groups excluding carboxylic acids is 2. The van der Waals surface area contributed by atoms with E-state index < -0.39 is 22.3 Å². The fraction of sp³-hybridized carbons (Fsp3) is 0.211. The number of para-hydroxylation sites is 1. The van der Waals surface area contributed by atoms with Gasteiger partial charge in [0.25, 0.3) is 0 Å². The molecule has 0 aliphatic carbocycles. The van der Waals surface area contributed by atoms with Crippen LogP contribution >= 0.6 is 0 Å². The highest BCUT2D eigenvalue weighted by atomic mass is 32.2. The van der Waals surface area contributed by atoms with Crippen LogP contribution in [0, 0.1) is 0 Å². The van der Waals surface area contributed by atoms with Gasteiger partial charge in [-0.25, -0.2) is 4.79 Å². The minimum Gasteiger partial charge on any atom is -0.445 e. The number of hydrogen-bond acceptors (Lipinski definition) is 7. The molecule has 0 unspecified atom stereocenters. The van der Waals surface area contributed by atoms with Crippen LogP contribution in [0.3, 0.4) is 0 Å². The summed E-state index contributed by atoms with van der Waals surface area (Å²) < 4.78 is 38.2. The van der Waals surface area contributed by atoms with Crippen LogP contribution in [0.4, 0.5) is 10.5 Å². The molecule has 2 aliphatic rings. The zero-order valence-corrected chi connectivity index (χ0v) is 27.1. The predicted molar refractivity (Wildman–Crippen MR) is 183 cm³/mol. The molecule has 0 spiro atoms. The van der Waals surface area contributed by atoms with Gasteiger partial charge in [-0.3, -0.25) is 9.69 Å². The van der Waals surface area contributed by atoms with Gasteiger partial charge in [-0.1, -0.05) is 91.0 Å². The first-order valence-corrected chi connectivity index (χ1v) is 17.4. The lowest BCUT2D eigenvalue weighted by Gasteiger charge is -2.41. The van der Waals surface area contributed by atoms with Gasteiger partial charge in [0.15, 0.2) is 0 Å². The summed E-state index contributed by atoms with van der Waals surface area (Å²) in [6, 6.07) is 36.0. The Labute approximate surface area is 280 Å². The molecule has 1 fully saturated rings. The summed E-state index contributed by atoms with van der Waals surface area (Å²) in [6.45, 7) is 2.55. The first kappa shape index (κ1) is 31.3. The molecule has 0 bridgehead atoms. The van der Waals surface area contributed by atoms with E-state index in [9.17, 15) is 18.0 Å². The SMILES string of the molecule is O=C([C@@H]1Cc2ccc(OS(=O)(=O)c3cccc4ccccc34)cc2CN1C(=O)OCc1ccccc1)N1CCN(c2ccccc2)CC1. The highest BCUT2D eigenvalue weighted by Gasteiger charge is 2.39. The maximum atomic E-state index is 14.1. The molecule has 48 heavy (non-hydrogen) atoms. The Kier molecular flexibility index (Phi) is 8.73. The minimum atomic E-state index is -4.17. The normalized spacial score (nSPS) is 16.3. The van der Waals surface area contributed by atoms with E-state index in [1.807, 2.05) is 71.6 Å². The number of piperazine rings is 1. The summed E-state index contributed by atoms with van der Waals surface area (Å²) in [5.74, 6) is -0.00928. The molecule has 244 valence electrons. The van der Waals surface area contributed by atoms with E-state index >= 15 is 0 Å². The standard InChI is InChI=1S/C38H35N3O6S/c42-37(40-22-20-39(21-23-40)32-14-5-2-6-15-32)35-25-30-18-19-33(47-48(44,45)36-17-9-13-29-12-7-8-16-34(29)36)24-31(30)26-41(35)38(43)46-27-28-10-3-1-4-11-28/h1-19,24,35H,20-23,25-27H2/t35-/m0/s1. The number of fused-ring (bicyclic) bond motifs is 2. The molecule has 1 atom stereocenters. The monoisotopic (exact) mass is 661 g/mol. The summed E-state index contributed by atoms with van der Waals surface area (Å²) in [7, 11) is -4.17. The number of carbonyl (C=O) groups is 2. The number of hydrogen-bond donors (Lipinski definition) is 0. The van der Waals surface area contributed by atoms with E-state index in [-0.39, 0.29) is 36.1 Å². The molecule has 2 heterocycles. The van der Waals surface area contributed by atoms with Gasteiger partial charge in [-0.15, -0.1) is 0 Å². The molecule has 10 heteroatoms. The van der Waals surface area contributed by atoms with Crippen LogP contribution in [0.15, 0.2) is 126 Å². The van der Waals surface area contributed by atoms with Gasteiger partial charge in [0.2, 0.25) is 5.91 Å². The fourth-order valence-electron chi connectivity index (χ4n) is 6.45. The van der Waals surface area contributed by atoms with Crippen molar-refractivity contribution < 1.29 is 26.9 Å². The number of rotatable bonds is 7. The van der Waals surface area contributed by atoms with Crippen molar-refractivity contribution in [2.45, 2.75) is 30.5 Å². The molecular formula is C38H35N3O6S. The minimum absolute atomic E-state index is 0.0616. The largest absolute Gasteiger partial charge is 0.445 e. The Morgan fingerprint density at radius 3 is 2.19 bits per heavy atom. The Morgan fingerprint density at radius 1 is 0.729 bits per heavy atom. The maximum absolute atomic E-state index is 14.1. The average Bonchev–Trinajstić information content (AvgIpc) is 3.13. The van der Waals surface area contributed by atoms with E-state index in [1.165, 1.54) is 11.0 Å². The van der Waals surface area contributed by atoms with Crippen molar-refractivity contribution in [3.8, 4) is 5.75 Å². The molecule has 0 N–H and O–H groups in total. The quantitative estimate of drug-likeness (QED) is 0.197.